The first-order valence-electron chi connectivity index (χ1n) is 4.45. The van der Waals surface area contributed by atoms with Gasteiger partial charge in [0.25, 0.3) is 0 Å². The molecule has 0 bridgehead atoms. The average Bonchev–Trinajstić information content (AvgIpc) is 2.06. The van der Waals surface area contributed by atoms with Crippen LogP contribution in [0.3, 0.4) is 0 Å². The third-order valence-electron chi connectivity index (χ3n) is 2.63. The summed E-state index contributed by atoms with van der Waals surface area (Å²) in [5.41, 5.74) is 3.22. The average molecular weight is 138 g/mol. The fraction of sp³-hybridized carbons (Fsp3) is 0.400. The monoisotopic (exact) mass is 138 g/mol. The Balaban J connectivity index is 2.49. The van der Waals surface area contributed by atoms with Gasteiger partial charge >= 0.3 is 77.0 Å². The molecule has 0 unspecified atom stereocenters. The Hall–Kier alpha value is -0.183. The third kappa shape index (κ3) is 1.38. The van der Waals surface area contributed by atoms with Crippen LogP contribution in [-0.4, -0.2) is 17.7 Å². The second kappa shape index (κ2) is 3.05. The molecule has 0 nitrogen and oxygen atoms in total. The topological polar surface area (TPSA) is 0 Å². The first kappa shape index (κ1) is 7.47. The van der Waals surface area contributed by atoms with Crippen molar-refractivity contribution in [2.24, 2.45) is 0 Å². The molecule has 0 N–H and O–H groups in total. The molecule has 0 fully saturated rings. The van der Waals surface area contributed by atoms with Crippen LogP contribution in [0.5, 0.6) is 0 Å². The molecular weight excluding hydrogens is 127 g/mol. The molecule has 52 valence electrons. The van der Waals surface area contributed by atoms with Crippen LogP contribution in [0, 0.1) is 0 Å². The van der Waals surface area contributed by atoms with Crippen LogP contribution in [0.1, 0.15) is 24.0 Å². The number of rotatable bonds is 0. The van der Waals surface area contributed by atoms with E-state index >= 15 is 0 Å². The van der Waals surface area contributed by atoms with E-state index in [0.717, 1.165) is 0 Å². The van der Waals surface area contributed by atoms with E-state index in [9.17, 15) is 0 Å². The summed E-state index contributed by atoms with van der Waals surface area (Å²) in [7, 11) is 0. The van der Waals surface area contributed by atoms with E-state index < -0.39 is 0 Å². The van der Waals surface area contributed by atoms with Gasteiger partial charge in [-0.25, -0.2) is 0 Å². The zero-order valence-corrected chi connectivity index (χ0v) is 7.06. The molecule has 1 aromatic carbocycles. The number of benzene rings is 1. The molecule has 0 saturated heterocycles. The van der Waals surface area contributed by atoms with Crippen LogP contribution in [-0.2, 0) is 12.8 Å². The number of fused-ring (bicyclic) bond motifs is 1. The van der Waals surface area contributed by atoms with Crippen molar-refractivity contribution in [1.29, 1.82) is 0 Å². The van der Waals surface area contributed by atoms with Gasteiger partial charge in [-0.2, -0.15) is 0 Å². The van der Waals surface area contributed by atoms with E-state index in [0.29, 0.717) is 0 Å². The Kier molecular flexibility index (Phi) is 2.07. The van der Waals surface area contributed by atoms with Gasteiger partial charge in [0, 0.05) is 0 Å². The van der Waals surface area contributed by atoms with E-state index in [1.165, 1.54) is 29.9 Å². The van der Waals surface area contributed by atoms with Crippen molar-refractivity contribution in [2.75, 3.05) is 0 Å². The molecule has 0 spiro atoms. The first-order chi connectivity index (χ1) is 5.38. The van der Waals surface area contributed by atoms with Crippen molar-refractivity contribution >= 4 is 22.0 Å². The first-order valence-corrected chi connectivity index (χ1v) is 4.45. The van der Waals surface area contributed by atoms with Crippen LogP contribution in [0.25, 0.3) is 0 Å². The summed E-state index contributed by atoms with van der Waals surface area (Å²) in [6, 6.07) is 6.69. The van der Waals surface area contributed by atoms with Gasteiger partial charge < -0.3 is 0 Å². The van der Waals surface area contributed by atoms with Gasteiger partial charge in [0.05, 0.1) is 0 Å². The van der Waals surface area contributed by atoms with Gasteiger partial charge in [-0.3, -0.25) is 0 Å². The minimum atomic E-state index is 1.30. The van der Waals surface area contributed by atoms with Crippen molar-refractivity contribution in [3.8, 4) is 0 Å². The van der Waals surface area contributed by atoms with Crippen LogP contribution < -0.4 is 4.24 Å². The summed E-state index contributed by atoms with van der Waals surface area (Å²) >= 11 is 2.23. The van der Waals surface area contributed by atoms with Crippen LogP contribution in [0.15, 0.2) is 18.2 Å². The standard InChI is InChI=1S/C10H11.Li/c1-2-6-10-8-4-3-7-9(10)5-1;/h1-2,5H,3-4,7-8H2;. The molecule has 0 aliphatic heterocycles. The predicted octanol–water partition coefficient (Wildman–Crippen LogP) is 1.36. The van der Waals surface area contributed by atoms with E-state index in [2.05, 4.69) is 35.9 Å². The van der Waals surface area contributed by atoms with Crippen LogP contribution in [0.4, 0.5) is 0 Å². The molecule has 0 heterocycles. The second-order valence-corrected chi connectivity index (χ2v) is 3.42. The molecule has 0 atom stereocenters. The summed E-state index contributed by atoms with van der Waals surface area (Å²) in [5.74, 6) is 0. The van der Waals surface area contributed by atoms with Crippen LogP contribution in [0.2, 0.25) is 0 Å². The molecule has 0 amide bonds. The Labute approximate surface area is 77.2 Å². The minimum absolute atomic E-state index is 1.30. The molecule has 0 aromatic heterocycles. The molecule has 0 saturated carbocycles. The Morgan fingerprint density at radius 1 is 1.09 bits per heavy atom. The van der Waals surface area contributed by atoms with Crippen molar-refractivity contribution in [1.82, 2.24) is 0 Å². The summed E-state index contributed by atoms with van der Waals surface area (Å²) in [6.07, 6.45) is 5.38. The normalized spacial score (nSPS) is 16.2. The third-order valence-corrected chi connectivity index (χ3v) is 2.63. The summed E-state index contributed by atoms with van der Waals surface area (Å²) < 4.78 is 1.49. The fourth-order valence-corrected chi connectivity index (χ4v) is 1.97. The van der Waals surface area contributed by atoms with Gasteiger partial charge in [-0.05, 0) is 0 Å². The molecule has 11 heavy (non-hydrogen) atoms. The fourth-order valence-electron chi connectivity index (χ4n) is 1.97. The molecule has 2 rings (SSSR count). The quantitative estimate of drug-likeness (QED) is 0.475. The SMILES string of the molecule is [Li][c]1cccc2c1CCCC2. The van der Waals surface area contributed by atoms with Crippen molar-refractivity contribution < 1.29 is 0 Å². The van der Waals surface area contributed by atoms with Crippen molar-refractivity contribution in [3.05, 3.63) is 29.3 Å². The Bertz CT molecular complexity index is 266. The van der Waals surface area contributed by atoms with Gasteiger partial charge in [0.2, 0.25) is 0 Å². The van der Waals surface area contributed by atoms with Gasteiger partial charge in [0.15, 0.2) is 0 Å². The molecule has 1 aliphatic carbocycles. The maximum atomic E-state index is 2.28. The van der Waals surface area contributed by atoms with E-state index in [1.54, 1.807) is 11.1 Å². The second-order valence-electron chi connectivity index (χ2n) is 3.42. The van der Waals surface area contributed by atoms with E-state index in [4.69, 9.17) is 0 Å². The van der Waals surface area contributed by atoms with Gasteiger partial charge in [-0.15, -0.1) is 0 Å². The number of hydrogen-bond acceptors (Lipinski definition) is 0. The molecule has 1 aliphatic rings. The number of aryl methyl sites for hydroxylation is 1. The Morgan fingerprint density at radius 3 is 2.73 bits per heavy atom. The summed E-state index contributed by atoms with van der Waals surface area (Å²) in [6.45, 7) is 0. The molecule has 1 aromatic rings. The van der Waals surface area contributed by atoms with Gasteiger partial charge in [-0.1, -0.05) is 0 Å². The zero-order valence-electron chi connectivity index (χ0n) is 7.06. The molecular formula is C10H11Li. The number of hydrogen-bond donors (Lipinski definition) is 0. The molecule has 1 heteroatoms. The van der Waals surface area contributed by atoms with Crippen LogP contribution >= 0.6 is 0 Å². The summed E-state index contributed by atoms with van der Waals surface area (Å²) in [4.78, 5) is 0. The van der Waals surface area contributed by atoms with Gasteiger partial charge in [0.1, 0.15) is 0 Å². The maximum absolute atomic E-state index is 2.28. The Morgan fingerprint density at radius 2 is 1.91 bits per heavy atom. The summed E-state index contributed by atoms with van der Waals surface area (Å²) in [5, 5.41) is 0. The molecule has 0 radical (unpaired) electrons. The van der Waals surface area contributed by atoms with E-state index in [-0.39, 0.29) is 0 Å². The van der Waals surface area contributed by atoms with Crippen molar-refractivity contribution in [3.63, 3.8) is 0 Å². The van der Waals surface area contributed by atoms with Crippen molar-refractivity contribution in [2.45, 2.75) is 25.7 Å². The van der Waals surface area contributed by atoms with E-state index in [1.807, 2.05) is 0 Å². The predicted molar refractivity (Wildman–Crippen MR) is 48.5 cm³/mol. The zero-order chi connectivity index (χ0) is 7.68.